The fourth-order valence-electron chi connectivity index (χ4n) is 4.10. The normalized spacial score (nSPS) is 12.4. The number of sulfonamides is 1. The molecule has 0 radical (unpaired) electrons. The summed E-state index contributed by atoms with van der Waals surface area (Å²) in [6, 6.07) is 6.83. The highest BCUT2D eigenvalue weighted by molar-refractivity contribution is 7.92. The number of hydrazine groups is 1. The lowest BCUT2D eigenvalue weighted by atomic mass is 10.1. The van der Waals surface area contributed by atoms with Crippen molar-refractivity contribution in [3.05, 3.63) is 71.1 Å². The van der Waals surface area contributed by atoms with Crippen LogP contribution in [-0.2, 0) is 29.7 Å². The van der Waals surface area contributed by atoms with Crippen LogP contribution < -0.4 is 15.2 Å². The van der Waals surface area contributed by atoms with Gasteiger partial charge in [-0.1, -0.05) is 13.8 Å². The van der Waals surface area contributed by atoms with Crippen molar-refractivity contribution in [3.63, 3.8) is 0 Å². The minimum atomic E-state index is -4.98. The molecule has 0 saturated heterocycles. The molecule has 4 aromatic rings. The van der Waals surface area contributed by atoms with Crippen molar-refractivity contribution in [2.75, 3.05) is 46.8 Å². The molecule has 0 aliphatic heterocycles. The van der Waals surface area contributed by atoms with Crippen LogP contribution in [0.1, 0.15) is 24.8 Å². The molecule has 0 unspecified atom stereocenters. The van der Waals surface area contributed by atoms with E-state index in [0.29, 0.717) is 37.8 Å². The highest BCUT2D eigenvalue weighted by Gasteiger charge is 2.31. The number of hydrogen-bond donors (Lipinski definition) is 2. The highest BCUT2D eigenvalue weighted by atomic mass is 32.2. The Hall–Kier alpha value is -3.65. The van der Waals surface area contributed by atoms with E-state index < -0.39 is 70.0 Å². The van der Waals surface area contributed by atoms with Gasteiger partial charge in [0.15, 0.2) is 0 Å². The van der Waals surface area contributed by atoms with Gasteiger partial charge in [-0.3, -0.25) is 0 Å². The highest BCUT2D eigenvalue weighted by Crippen LogP contribution is 2.40. The molecule has 19 heteroatoms. The lowest BCUT2D eigenvalue weighted by Gasteiger charge is -2.26. The van der Waals surface area contributed by atoms with Crippen LogP contribution in [0.3, 0.4) is 0 Å². The van der Waals surface area contributed by atoms with Gasteiger partial charge >= 0.3 is 0 Å². The molecule has 2 aromatic heterocycles. The van der Waals surface area contributed by atoms with Gasteiger partial charge in [-0.25, -0.2) is 50.4 Å². The Labute approximate surface area is 275 Å². The summed E-state index contributed by atoms with van der Waals surface area (Å²) < 4.78 is 118. The van der Waals surface area contributed by atoms with Crippen LogP contribution in [0.25, 0.3) is 21.8 Å². The topological polar surface area (TPSA) is 168 Å². The molecule has 0 saturated carbocycles. The van der Waals surface area contributed by atoms with E-state index in [9.17, 15) is 34.0 Å². The zero-order valence-electron chi connectivity index (χ0n) is 25.5. The van der Waals surface area contributed by atoms with Crippen molar-refractivity contribution in [1.29, 1.82) is 0 Å². The molecule has 0 aliphatic carbocycles. The van der Waals surface area contributed by atoms with Gasteiger partial charge in [0, 0.05) is 49.3 Å². The molecule has 2 N–H and O–H groups in total. The lowest BCUT2D eigenvalue weighted by Crippen LogP contribution is -2.45. The third kappa shape index (κ3) is 9.25. The molecule has 12 nitrogen and oxygen atoms in total. The Balaban J connectivity index is 1.84. The first kappa shape index (κ1) is 36.2. The average molecular weight is 733 g/mol. The smallest absolute Gasteiger partial charge is 0.280 e. The summed E-state index contributed by atoms with van der Waals surface area (Å²) in [4.78, 5) is 12.9. The molecule has 254 valence electrons. The Morgan fingerprint density at radius 1 is 0.851 bits per heavy atom. The molecule has 47 heavy (non-hydrogen) atoms. The predicted octanol–water partition coefficient (Wildman–Crippen LogP) is 4.01. The van der Waals surface area contributed by atoms with Gasteiger partial charge in [-0.2, -0.15) is 12.8 Å². The number of halogens is 3. The fraction of sp³-hybridized carbons (Fsp3) is 0.321. The molecule has 2 aromatic carbocycles. The first-order chi connectivity index (χ1) is 21.9. The molecule has 0 amide bonds. The Morgan fingerprint density at radius 2 is 1.53 bits per heavy atom. The maximum atomic E-state index is 15.5. The summed E-state index contributed by atoms with van der Waals surface area (Å²) >= 11 is 1.28. The molecular weight excluding hydrogens is 702 g/mol. The average Bonchev–Trinajstić information content (AvgIpc) is 3.41. The van der Waals surface area contributed by atoms with Gasteiger partial charge < -0.3 is 5.32 Å². The first-order valence-corrected chi connectivity index (χ1v) is 20.2. The summed E-state index contributed by atoms with van der Waals surface area (Å²) in [7, 11) is -11.8. The van der Waals surface area contributed by atoms with Crippen LogP contribution in [0.5, 0.6) is 0 Å². The second kappa shape index (κ2) is 14.2. The summed E-state index contributed by atoms with van der Waals surface area (Å²) in [5.41, 5.74) is 2.67. The van der Waals surface area contributed by atoms with E-state index in [0.717, 1.165) is 30.7 Å². The summed E-state index contributed by atoms with van der Waals surface area (Å²) in [5, 5.41) is 3.52. The minimum absolute atomic E-state index is 0.0572. The van der Waals surface area contributed by atoms with Crippen LogP contribution in [0.15, 0.2) is 53.6 Å². The van der Waals surface area contributed by atoms with Crippen molar-refractivity contribution >= 4 is 52.7 Å². The number of sulfone groups is 2. The largest absolute Gasteiger partial charge is 0.353 e. The quantitative estimate of drug-likeness (QED) is 0.180. The minimum Gasteiger partial charge on any atom is -0.353 e. The molecule has 0 fully saturated rings. The lowest BCUT2D eigenvalue weighted by molar-refractivity contribution is 0.539. The van der Waals surface area contributed by atoms with Crippen LogP contribution >= 0.6 is 11.3 Å². The van der Waals surface area contributed by atoms with Crippen LogP contribution in [0, 0.1) is 17.5 Å². The van der Waals surface area contributed by atoms with Crippen molar-refractivity contribution in [2.24, 2.45) is 0 Å². The number of nitrogens with zero attached hydrogens (tertiary/aromatic N) is 4. The van der Waals surface area contributed by atoms with E-state index in [1.165, 1.54) is 23.6 Å². The Morgan fingerprint density at radius 3 is 2.17 bits per heavy atom. The number of thiazole rings is 1. The van der Waals surface area contributed by atoms with Gasteiger partial charge in [-0.15, -0.1) is 11.3 Å². The molecule has 0 bridgehead atoms. The molecule has 0 atom stereocenters. The van der Waals surface area contributed by atoms with E-state index in [-0.39, 0.29) is 29.7 Å². The number of anilines is 2. The van der Waals surface area contributed by atoms with E-state index in [2.05, 4.69) is 20.7 Å². The fourth-order valence-corrected chi connectivity index (χ4v) is 7.50. The van der Waals surface area contributed by atoms with Crippen molar-refractivity contribution in [2.45, 2.75) is 24.7 Å². The number of benzene rings is 2. The maximum Gasteiger partial charge on any atom is 0.280 e. The standard InChI is InChI=1S/C28H31F3N6O6S4/c1-17(2)27-36-25(26(44-27)22-9-10-32-28(35-22)33-11-13-45(3,38)39)18-5-7-20(30)23(15-18)37(34-12-14-46(4,40)41)47(42,43)24-8-6-19(29)16-21(24)31/h5-10,15-17,34H,11-14H2,1-4H3,(H,32,33,35). The number of hydrogen-bond acceptors (Lipinski definition) is 12. The molecule has 0 spiro atoms. The number of rotatable bonds is 14. The molecule has 4 rings (SSSR count). The van der Waals surface area contributed by atoms with Crippen molar-refractivity contribution in [3.8, 4) is 21.8 Å². The van der Waals surface area contributed by atoms with Crippen molar-refractivity contribution < 1.29 is 38.4 Å². The maximum absolute atomic E-state index is 15.5. The first-order valence-electron chi connectivity index (χ1n) is 13.8. The van der Waals surface area contributed by atoms with Gasteiger partial charge in [0.25, 0.3) is 10.0 Å². The summed E-state index contributed by atoms with van der Waals surface area (Å²) in [6.45, 7) is 3.36. The van der Waals surface area contributed by atoms with E-state index in [4.69, 9.17) is 4.98 Å². The zero-order chi connectivity index (χ0) is 34.7. The van der Waals surface area contributed by atoms with Gasteiger partial charge in [0.1, 0.15) is 47.7 Å². The SMILES string of the molecule is CC(C)c1nc(-c2ccc(F)c(N(NCCS(C)(=O)=O)S(=O)(=O)c3ccc(F)cc3F)c2)c(-c2ccnc(NCCS(C)(=O)=O)n2)s1. The van der Waals surface area contributed by atoms with Crippen LogP contribution in [0.2, 0.25) is 0 Å². The monoisotopic (exact) mass is 732 g/mol. The Kier molecular flexibility index (Phi) is 11.0. The summed E-state index contributed by atoms with van der Waals surface area (Å²) in [5.74, 6) is -4.16. The van der Waals surface area contributed by atoms with Gasteiger partial charge in [-0.05, 0) is 36.4 Å². The molecule has 0 aliphatic rings. The van der Waals surface area contributed by atoms with Crippen molar-refractivity contribution in [1.82, 2.24) is 20.4 Å². The van der Waals surface area contributed by atoms with E-state index in [1.54, 1.807) is 6.07 Å². The number of nitrogens with one attached hydrogen (secondary N) is 2. The third-order valence-corrected chi connectivity index (χ3v) is 11.3. The third-order valence-electron chi connectivity index (χ3n) is 6.36. The zero-order valence-corrected chi connectivity index (χ0v) is 28.8. The summed E-state index contributed by atoms with van der Waals surface area (Å²) in [6.07, 6.45) is 3.48. The van der Waals surface area contributed by atoms with E-state index in [1.807, 2.05) is 13.8 Å². The molecular formula is C28H31F3N6O6S4. The van der Waals surface area contributed by atoms with Gasteiger partial charge in [0.05, 0.1) is 32.8 Å². The van der Waals surface area contributed by atoms with Crippen LogP contribution in [-0.4, -0.2) is 77.3 Å². The predicted molar refractivity (Wildman–Crippen MR) is 175 cm³/mol. The second-order valence-electron chi connectivity index (χ2n) is 10.8. The molecule has 2 heterocycles. The van der Waals surface area contributed by atoms with Gasteiger partial charge in [0.2, 0.25) is 5.95 Å². The Bertz CT molecular complexity index is 2110. The van der Waals surface area contributed by atoms with Crippen LogP contribution in [0.4, 0.5) is 24.8 Å². The van der Waals surface area contributed by atoms with E-state index >= 15 is 4.39 Å². The number of aromatic nitrogens is 3. The second-order valence-corrected chi connectivity index (χ2v) is 18.1.